The van der Waals surface area contributed by atoms with Gasteiger partial charge in [0.15, 0.2) is 0 Å². The van der Waals surface area contributed by atoms with Crippen LogP contribution >= 0.6 is 11.6 Å². The normalized spacial score (nSPS) is 9.56. The van der Waals surface area contributed by atoms with Gasteiger partial charge in [-0.05, 0) is 12.1 Å². The number of nitro benzene ring substituents is 1. The quantitative estimate of drug-likeness (QED) is 0.352. The van der Waals surface area contributed by atoms with Gasteiger partial charge in [-0.2, -0.15) is 0 Å². The van der Waals surface area contributed by atoms with E-state index in [1.807, 2.05) is 0 Å². The van der Waals surface area contributed by atoms with Crippen molar-refractivity contribution in [1.82, 2.24) is 0 Å². The summed E-state index contributed by atoms with van der Waals surface area (Å²) >= 11 is 5.60. The molecule has 0 saturated carbocycles. The third-order valence-corrected chi connectivity index (χ3v) is 1.94. The molecule has 0 amide bonds. The van der Waals surface area contributed by atoms with Crippen LogP contribution in [-0.4, -0.2) is 17.5 Å². The molecule has 0 saturated heterocycles. The minimum atomic E-state index is -0.775. The van der Waals surface area contributed by atoms with E-state index in [-0.39, 0.29) is 22.9 Å². The van der Waals surface area contributed by atoms with Gasteiger partial charge in [0.1, 0.15) is 12.2 Å². The second-order valence-electron chi connectivity index (χ2n) is 2.81. The van der Waals surface area contributed by atoms with Crippen molar-refractivity contribution in [1.29, 1.82) is 0 Å². The Morgan fingerprint density at radius 1 is 1.62 bits per heavy atom. The Morgan fingerprint density at radius 3 is 2.88 bits per heavy atom. The molecular weight excluding hydrogens is 234 g/mol. The average Bonchev–Trinajstić information content (AvgIpc) is 2.25. The lowest BCUT2D eigenvalue weighted by Crippen LogP contribution is -2.08. The van der Waals surface area contributed by atoms with Crippen molar-refractivity contribution < 1.29 is 14.5 Å². The van der Waals surface area contributed by atoms with E-state index in [9.17, 15) is 14.9 Å². The number of carbonyl (C=O) groups is 1. The molecule has 0 aliphatic rings. The van der Waals surface area contributed by atoms with Crippen LogP contribution in [0.2, 0.25) is 5.02 Å². The van der Waals surface area contributed by atoms with Crippen molar-refractivity contribution >= 4 is 23.3 Å². The summed E-state index contributed by atoms with van der Waals surface area (Å²) in [5.41, 5.74) is -0.502. The number of carbonyl (C=O) groups excluding carboxylic acids is 1. The van der Waals surface area contributed by atoms with Gasteiger partial charge in [0.25, 0.3) is 5.69 Å². The van der Waals surface area contributed by atoms with Crippen LogP contribution in [0.15, 0.2) is 30.9 Å². The maximum absolute atomic E-state index is 11.4. The predicted molar refractivity (Wildman–Crippen MR) is 58.6 cm³/mol. The molecular formula is C10H8ClNO4. The number of hydrogen-bond donors (Lipinski definition) is 0. The third-order valence-electron chi connectivity index (χ3n) is 1.71. The van der Waals surface area contributed by atoms with Gasteiger partial charge < -0.3 is 4.74 Å². The highest BCUT2D eigenvalue weighted by Crippen LogP contribution is 2.23. The van der Waals surface area contributed by atoms with Crippen molar-refractivity contribution in [3.8, 4) is 0 Å². The molecule has 0 N–H and O–H groups in total. The molecule has 1 aromatic carbocycles. The van der Waals surface area contributed by atoms with Crippen LogP contribution in [0.3, 0.4) is 0 Å². The Hall–Kier alpha value is -1.88. The van der Waals surface area contributed by atoms with Crippen LogP contribution in [0.1, 0.15) is 10.4 Å². The molecule has 0 radical (unpaired) electrons. The van der Waals surface area contributed by atoms with Gasteiger partial charge in [-0.25, -0.2) is 4.79 Å². The van der Waals surface area contributed by atoms with Gasteiger partial charge in [0, 0.05) is 11.1 Å². The van der Waals surface area contributed by atoms with Crippen LogP contribution in [0.25, 0.3) is 0 Å². The SMILES string of the molecule is C=CCOC(=O)c1ccc(Cl)cc1[N+](=O)[O-]. The first-order valence-corrected chi connectivity index (χ1v) is 4.66. The number of hydrogen-bond acceptors (Lipinski definition) is 4. The maximum Gasteiger partial charge on any atom is 0.345 e. The van der Waals surface area contributed by atoms with Gasteiger partial charge in [-0.3, -0.25) is 10.1 Å². The standard InChI is InChI=1S/C10H8ClNO4/c1-2-5-16-10(13)8-4-3-7(11)6-9(8)12(14)15/h2-4,6H,1,5H2. The Labute approximate surface area is 96.4 Å². The van der Waals surface area contributed by atoms with Crippen LogP contribution in [0, 0.1) is 10.1 Å². The van der Waals surface area contributed by atoms with E-state index in [1.165, 1.54) is 18.2 Å². The van der Waals surface area contributed by atoms with E-state index in [0.29, 0.717) is 0 Å². The molecule has 0 heterocycles. The zero-order valence-electron chi connectivity index (χ0n) is 8.18. The number of halogens is 1. The van der Waals surface area contributed by atoms with Gasteiger partial charge in [0.05, 0.1) is 4.92 Å². The van der Waals surface area contributed by atoms with E-state index in [2.05, 4.69) is 6.58 Å². The lowest BCUT2D eigenvalue weighted by molar-refractivity contribution is -0.385. The van der Waals surface area contributed by atoms with Crippen LogP contribution in [-0.2, 0) is 4.74 Å². The summed E-state index contributed by atoms with van der Waals surface area (Å²) in [6, 6.07) is 3.75. The van der Waals surface area contributed by atoms with E-state index >= 15 is 0 Å². The highest BCUT2D eigenvalue weighted by molar-refractivity contribution is 6.31. The highest BCUT2D eigenvalue weighted by atomic mass is 35.5. The fourth-order valence-corrected chi connectivity index (χ4v) is 1.21. The lowest BCUT2D eigenvalue weighted by Gasteiger charge is -2.03. The first-order chi connectivity index (χ1) is 7.56. The van der Waals surface area contributed by atoms with Gasteiger partial charge in [-0.1, -0.05) is 24.3 Å². The molecule has 0 unspecified atom stereocenters. The van der Waals surface area contributed by atoms with E-state index < -0.39 is 10.9 Å². The average molecular weight is 242 g/mol. The van der Waals surface area contributed by atoms with Crippen molar-refractivity contribution in [2.24, 2.45) is 0 Å². The second-order valence-corrected chi connectivity index (χ2v) is 3.24. The Balaban J connectivity index is 3.07. The van der Waals surface area contributed by atoms with Gasteiger partial charge >= 0.3 is 5.97 Å². The molecule has 5 nitrogen and oxygen atoms in total. The smallest absolute Gasteiger partial charge is 0.345 e. The molecule has 6 heteroatoms. The summed E-state index contributed by atoms with van der Waals surface area (Å²) < 4.78 is 4.70. The monoisotopic (exact) mass is 241 g/mol. The molecule has 0 atom stereocenters. The Kier molecular flexibility index (Phi) is 4.02. The fraction of sp³-hybridized carbons (Fsp3) is 0.100. The van der Waals surface area contributed by atoms with E-state index in [0.717, 1.165) is 6.07 Å². The highest BCUT2D eigenvalue weighted by Gasteiger charge is 2.21. The Bertz CT molecular complexity index is 444. The zero-order chi connectivity index (χ0) is 12.1. The van der Waals surface area contributed by atoms with Crippen LogP contribution < -0.4 is 0 Å². The molecule has 0 aliphatic carbocycles. The second kappa shape index (κ2) is 5.27. The predicted octanol–water partition coefficient (Wildman–Crippen LogP) is 2.59. The van der Waals surface area contributed by atoms with Crippen LogP contribution in [0.4, 0.5) is 5.69 Å². The van der Waals surface area contributed by atoms with Crippen molar-refractivity contribution in [3.63, 3.8) is 0 Å². The number of esters is 1. The van der Waals surface area contributed by atoms with Gasteiger partial charge in [-0.15, -0.1) is 0 Å². The zero-order valence-corrected chi connectivity index (χ0v) is 8.94. The molecule has 0 bridgehead atoms. The largest absolute Gasteiger partial charge is 0.458 e. The summed E-state index contributed by atoms with van der Waals surface area (Å²) in [6.45, 7) is 3.36. The summed E-state index contributed by atoms with van der Waals surface area (Å²) in [6.07, 6.45) is 1.37. The fourth-order valence-electron chi connectivity index (χ4n) is 1.04. The third kappa shape index (κ3) is 2.80. The van der Waals surface area contributed by atoms with Crippen molar-refractivity contribution in [2.45, 2.75) is 0 Å². The summed E-state index contributed by atoms with van der Waals surface area (Å²) in [4.78, 5) is 21.4. The number of benzene rings is 1. The Morgan fingerprint density at radius 2 is 2.31 bits per heavy atom. The maximum atomic E-state index is 11.4. The summed E-state index contributed by atoms with van der Waals surface area (Å²) in [7, 11) is 0. The lowest BCUT2D eigenvalue weighted by atomic mass is 10.2. The van der Waals surface area contributed by atoms with Gasteiger partial charge in [0.2, 0.25) is 0 Å². The molecule has 1 aromatic rings. The summed E-state index contributed by atoms with van der Waals surface area (Å²) in [5.74, 6) is -0.775. The minimum Gasteiger partial charge on any atom is -0.458 e. The number of ether oxygens (including phenoxy) is 1. The number of rotatable bonds is 4. The molecule has 16 heavy (non-hydrogen) atoms. The minimum absolute atomic E-state index is 0.00137. The summed E-state index contributed by atoms with van der Waals surface area (Å²) in [5, 5.41) is 10.9. The van der Waals surface area contributed by atoms with Crippen LogP contribution in [0.5, 0.6) is 0 Å². The first kappa shape index (κ1) is 12.2. The van der Waals surface area contributed by atoms with E-state index in [4.69, 9.17) is 16.3 Å². The molecule has 0 aromatic heterocycles. The molecule has 0 aliphatic heterocycles. The first-order valence-electron chi connectivity index (χ1n) is 4.28. The van der Waals surface area contributed by atoms with E-state index in [1.54, 1.807) is 0 Å². The molecule has 0 fully saturated rings. The van der Waals surface area contributed by atoms with Crippen molar-refractivity contribution in [2.75, 3.05) is 6.61 Å². The molecule has 1 rings (SSSR count). The van der Waals surface area contributed by atoms with Crippen molar-refractivity contribution in [3.05, 3.63) is 51.6 Å². The number of nitro groups is 1. The number of nitrogens with zero attached hydrogens (tertiary/aromatic N) is 1. The molecule has 0 spiro atoms. The molecule has 84 valence electrons. The topological polar surface area (TPSA) is 69.4 Å².